The zero-order valence-electron chi connectivity index (χ0n) is 21.7. The average Bonchev–Trinajstić information content (AvgIpc) is 3.31. The van der Waals surface area contributed by atoms with Gasteiger partial charge >= 0.3 is 11.1 Å². The summed E-state index contributed by atoms with van der Waals surface area (Å²) in [6.07, 6.45) is 1.33. The number of carboxylic acid groups (broad SMARTS) is 1. The Hall–Kier alpha value is -4.24. The lowest BCUT2D eigenvalue weighted by molar-refractivity contribution is -0.625. The molecule has 0 fully saturated rings. The molecule has 0 unspecified atom stereocenters. The maximum absolute atomic E-state index is 12.5. The third-order valence-electron chi connectivity index (χ3n) is 5.91. The normalized spacial score (nSPS) is 11.6. The Balaban J connectivity index is 1.54. The molecule has 0 radical (unpaired) electrons. The molecule has 0 spiro atoms. The minimum atomic E-state index is -1.06. The van der Waals surface area contributed by atoms with Gasteiger partial charge in [0.25, 0.3) is 11.7 Å². The van der Waals surface area contributed by atoms with Gasteiger partial charge < -0.3 is 5.11 Å². The third kappa shape index (κ3) is 6.36. The second-order valence-corrected chi connectivity index (χ2v) is 10.8. The van der Waals surface area contributed by atoms with Crippen LogP contribution in [0, 0.1) is 6.92 Å². The molecule has 4 rings (SSSR count). The van der Waals surface area contributed by atoms with E-state index in [0.29, 0.717) is 10.7 Å². The molecule has 8 nitrogen and oxygen atoms in total. The second kappa shape index (κ2) is 11.4. The predicted octanol–water partition coefficient (Wildman–Crippen LogP) is 4.90. The van der Waals surface area contributed by atoms with Gasteiger partial charge in [-0.1, -0.05) is 68.8 Å². The van der Waals surface area contributed by atoms with Crippen LogP contribution in [0.1, 0.15) is 47.8 Å². The zero-order valence-corrected chi connectivity index (χ0v) is 22.5. The van der Waals surface area contributed by atoms with E-state index in [1.807, 2.05) is 35.8 Å². The van der Waals surface area contributed by atoms with Crippen LogP contribution in [0.25, 0.3) is 17.1 Å². The Bertz CT molecular complexity index is 1470. The van der Waals surface area contributed by atoms with E-state index in [0.717, 1.165) is 22.6 Å². The highest BCUT2D eigenvalue weighted by Gasteiger charge is 2.25. The number of nitrogens with zero attached hydrogens (tertiary/aromatic N) is 3. The second-order valence-electron chi connectivity index (χ2n) is 9.83. The van der Waals surface area contributed by atoms with Crippen LogP contribution in [0.3, 0.4) is 0 Å². The molecule has 1 aromatic heterocycles. The number of aromatic amines is 1. The topological polar surface area (TPSA) is 111 Å². The summed E-state index contributed by atoms with van der Waals surface area (Å²) in [6, 6.07) is 22.9. The lowest BCUT2D eigenvalue weighted by Crippen LogP contribution is -2.34. The van der Waals surface area contributed by atoms with Crippen LogP contribution < -0.4 is 9.99 Å². The molecule has 1 amide bonds. The molecule has 9 heteroatoms. The molecule has 4 aromatic rings. The summed E-state index contributed by atoms with van der Waals surface area (Å²) in [7, 11) is 0. The van der Waals surface area contributed by atoms with Crippen molar-refractivity contribution >= 4 is 29.9 Å². The van der Waals surface area contributed by atoms with E-state index in [1.165, 1.54) is 29.6 Å². The number of hydrogen-bond acceptors (Lipinski definition) is 5. The maximum Gasteiger partial charge on any atom is 0.342 e. The maximum atomic E-state index is 12.5. The number of carbonyl (C=O) groups is 2. The van der Waals surface area contributed by atoms with Crippen molar-refractivity contribution in [3.05, 3.63) is 95.1 Å². The summed E-state index contributed by atoms with van der Waals surface area (Å²) in [5, 5.41) is 21.5. The number of nitrogens with one attached hydrogen (secondary N) is 2. The highest BCUT2D eigenvalue weighted by Crippen LogP contribution is 2.26. The summed E-state index contributed by atoms with van der Waals surface area (Å²) in [5.74, 6) is -0.525. The number of aryl methyl sites for hydroxylation is 1. The molecule has 0 saturated carbocycles. The largest absolute Gasteiger partial charge is 0.478 e. The molecule has 1 heterocycles. The van der Waals surface area contributed by atoms with Crippen LogP contribution in [0.5, 0.6) is 0 Å². The molecule has 0 bridgehead atoms. The van der Waals surface area contributed by atoms with E-state index < -0.39 is 5.97 Å². The SMILES string of the molecule is Cc1ccc(-[n+]2c(SCC(=O)N/N=C/c3ccccc3C(=O)O)n[nH]c2-c2ccc(C(C)(C)C)cc2)cc1. The molecule has 0 atom stereocenters. The highest BCUT2D eigenvalue weighted by molar-refractivity contribution is 7.99. The molecule has 0 aliphatic heterocycles. The molecule has 0 aliphatic carbocycles. The number of hydrazone groups is 1. The molecule has 3 N–H and O–H groups in total. The van der Waals surface area contributed by atoms with Gasteiger partial charge in [-0.05, 0) is 60.0 Å². The summed E-state index contributed by atoms with van der Waals surface area (Å²) in [4.78, 5) is 23.9. The Kier molecular flexibility index (Phi) is 8.07. The number of rotatable bonds is 8. The molecule has 0 aliphatic rings. The first kappa shape index (κ1) is 26.8. The fourth-order valence-electron chi connectivity index (χ4n) is 3.79. The minimum absolute atomic E-state index is 0.0476. The number of thioether (sulfide) groups is 1. The van der Waals surface area contributed by atoms with E-state index in [9.17, 15) is 14.7 Å². The number of aromatic nitrogens is 3. The minimum Gasteiger partial charge on any atom is -0.478 e. The van der Waals surface area contributed by atoms with Crippen LogP contribution in [-0.2, 0) is 10.2 Å². The highest BCUT2D eigenvalue weighted by atomic mass is 32.2. The number of amides is 1. The number of H-pyrrole nitrogens is 1. The van der Waals surface area contributed by atoms with Crippen molar-refractivity contribution in [1.82, 2.24) is 15.6 Å². The van der Waals surface area contributed by atoms with Crippen LogP contribution in [0.15, 0.2) is 83.1 Å². The Morgan fingerprint density at radius 2 is 1.74 bits per heavy atom. The Morgan fingerprint density at radius 3 is 2.39 bits per heavy atom. The summed E-state index contributed by atoms with van der Waals surface area (Å²) in [6.45, 7) is 8.57. The van der Waals surface area contributed by atoms with Crippen molar-refractivity contribution in [3.8, 4) is 17.1 Å². The Morgan fingerprint density at radius 1 is 1.05 bits per heavy atom. The van der Waals surface area contributed by atoms with Gasteiger partial charge in [0, 0.05) is 5.56 Å². The van der Waals surface area contributed by atoms with Crippen molar-refractivity contribution < 1.29 is 19.3 Å². The van der Waals surface area contributed by atoms with E-state index in [-0.39, 0.29) is 22.6 Å². The van der Waals surface area contributed by atoms with Gasteiger partial charge in [-0.3, -0.25) is 4.79 Å². The monoisotopic (exact) mass is 528 g/mol. The van der Waals surface area contributed by atoms with E-state index in [1.54, 1.807) is 18.2 Å². The van der Waals surface area contributed by atoms with Crippen molar-refractivity contribution in [3.63, 3.8) is 0 Å². The lowest BCUT2D eigenvalue weighted by Gasteiger charge is -2.18. The standard InChI is InChI=1S/C29H29N5O3S/c1-19-9-15-23(16-10-19)34-26(20-11-13-22(14-12-20)29(2,3)4)32-33-28(34)38-18-25(35)31-30-17-21-7-5-6-8-24(21)27(36)37/h5-17H,18H2,1-4H3,(H2,31,35,36,37)/p+1/b30-17+. The fraction of sp³-hybridized carbons (Fsp3) is 0.207. The summed E-state index contributed by atoms with van der Waals surface area (Å²) < 4.78 is 2.00. The number of carboxylic acids is 1. The van der Waals surface area contributed by atoms with Crippen LogP contribution >= 0.6 is 11.8 Å². The number of benzene rings is 3. The van der Waals surface area contributed by atoms with Gasteiger partial charge in [0.1, 0.15) is 5.69 Å². The van der Waals surface area contributed by atoms with Gasteiger partial charge in [0.2, 0.25) is 0 Å². The van der Waals surface area contributed by atoms with Gasteiger partial charge in [0.05, 0.1) is 28.2 Å². The van der Waals surface area contributed by atoms with E-state index in [4.69, 9.17) is 0 Å². The summed E-state index contributed by atoms with van der Waals surface area (Å²) in [5.41, 5.74) is 7.30. The Labute approximate surface area is 225 Å². The van der Waals surface area contributed by atoms with Crippen LogP contribution in [-0.4, -0.2) is 39.1 Å². The van der Waals surface area contributed by atoms with Crippen molar-refractivity contribution in [2.45, 2.75) is 38.3 Å². The molecule has 194 valence electrons. The molecule has 0 saturated heterocycles. The van der Waals surface area contributed by atoms with Gasteiger partial charge in [0.15, 0.2) is 0 Å². The van der Waals surface area contributed by atoms with Gasteiger partial charge in [-0.25, -0.2) is 10.2 Å². The molecular weight excluding hydrogens is 498 g/mol. The van der Waals surface area contributed by atoms with Gasteiger partial charge in [-0.15, -0.1) is 5.10 Å². The molecule has 38 heavy (non-hydrogen) atoms. The number of carbonyl (C=O) groups excluding carboxylic acids is 1. The van der Waals surface area contributed by atoms with Crippen LogP contribution in [0.4, 0.5) is 0 Å². The lowest BCUT2D eigenvalue weighted by atomic mass is 9.87. The van der Waals surface area contributed by atoms with Crippen LogP contribution in [0.2, 0.25) is 0 Å². The zero-order chi connectivity index (χ0) is 27.3. The van der Waals surface area contributed by atoms with Crippen molar-refractivity contribution in [2.75, 3.05) is 5.75 Å². The first-order valence-electron chi connectivity index (χ1n) is 12.1. The average molecular weight is 529 g/mol. The quantitative estimate of drug-likeness (QED) is 0.130. The van der Waals surface area contributed by atoms with E-state index >= 15 is 0 Å². The fourth-order valence-corrected chi connectivity index (χ4v) is 4.55. The molecule has 3 aromatic carbocycles. The van der Waals surface area contributed by atoms with Gasteiger partial charge in [-0.2, -0.15) is 9.67 Å². The number of aromatic carboxylic acids is 1. The first-order valence-corrected chi connectivity index (χ1v) is 13.1. The number of hydrogen-bond donors (Lipinski definition) is 3. The van der Waals surface area contributed by atoms with E-state index in [2.05, 4.69) is 65.8 Å². The van der Waals surface area contributed by atoms with Crippen molar-refractivity contribution in [1.29, 1.82) is 0 Å². The molecular formula is C29H30N5O3S+. The van der Waals surface area contributed by atoms with Crippen molar-refractivity contribution in [2.24, 2.45) is 5.10 Å². The third-order valence-corrected chi connectivity index (χ3v) is 6.84. The first-order chi connectivity index (χ1) is 18.1. The summed E-state index contributed by atoms with van der Waals surface area (Å²) >= 11 is 1.27. The predicted molar refractivity (Wildman–Crippen MR) is 149 cm³/mol. The smallest absolute Gasteiger partial charge is 0.342 e.